The lowest BCUT2D eigenvalue weighted by Gasteiger charge is -2.15. The van der Waals surface area contributed by atoms with E-state index in [1.165, 1.54) is 23.0 Å². The van der Waals surface area contributed by atoms with E-state index in [0.29, 0.717) is 28.6 Å². The smallest absolute Gasteiger partial charge is 0.281 e. The molecule has 0 amide bonds. The number of nitrogens with zero attached hydrogens (tertiary/aromatic N) is 6. The monoisotopic (exact) mass is 368 g/mol. The SMILES string of the molecule is OCC1=CN(c2ccnc(-c3cnc4cnc(C(F)F)cn34)n2)C=CC=C1. The number of hydrogen-bond acceptors (Lipinski definition) is 6. The summed E-state index contributed by atoms with van der Waals surface area (Å²) < 4.78 is 27.4. The molecule has 1 N–H and O–H groups in total. The van der Waals surface area contributed by atoms with Gasteiger partial charge in [0.2, 0.25) is 0 Å². The first-order chi connectivity index (χ1) is 13.2. The predicted octanol–water partition coefficient (Wildman–Crippen LogP) is 2.89. The quantitative estimate of drug-likeness (QED) is 0.763. The number of halogens is 2. The molecule has 0 aromatic carbocycles. The Morgan fingerprint density at radius 1 is 1.11 bits per heavy atom. The minimum atomic E-state index is -2.69. The van der Waals surface area contributed by atoms with Gasteiger partial charge in [0.25, 0.3) is 6.43 Å². The number of anilines is 1. The Kier molecular flexibility index (Phi) is 4.43. The van der Waals surface area contributed by atoms with E-state index in [0.717, 1.165) is 0 Å². The summed E-state index contributed by atoms with van der Waals surface area (Å²) in [6, 6.07) is 1.71. The fraction of sp³-hybridized carbons (Fsp3) is 0.111. The number of rotatable bonds is 4. The molecular weight excluding hydrogens is 354 g/mol. The summed E-state index contributed by atoms with van der Waals surface area (Å²) in [7, 11) is 0. The summed E-state index contributed by atoms with van der Waals surface area (Å²) in [6.07, 6.45) is 11.9. The summed E-state index contributed by atoms with van der Waals surface area (Å²) in [6.45, 7) is -0.108. The number of allylic oxidation sites excluding steroid dienone is 2. The van der Waals surface area contributed by atoms with Crippen LogP contribution >= 0.6 is 0 Å². The Labute approximate surface area is 152 Å². The van der Waals surface area contributed by atoms with E-state index in [2.05, 4.69) is 19.9 Å². The van der Waals surface area contributed by atoms with Crippen LogP contribution in [0.2, 0.25) is 0 Å². The van der Waals surface area contributed by atoms with E-state index in [1.807, 2.05) is 12.2 Å². The van der Waals surface area contributed by atoms with Gasteiger partial charge < -0.3 is 10.0 Å². The lowest BCUT2D eigenvalue weighted by atomic mass is 10.3. The van der Waals surface area contributed by atoms with Gasteiger partial charge >= 0.3 is 0 Å². The van der Waals surface area contributed by atoms with Gasteiger partial charge in [0.1, 0.15) is 17.2 Å². The van der Waals surface area contributed by atoms with E-state index in [4.69, 9.17) is 0 Å². The first kappa shape index (κ1) is 17.0. The maximum absolute atomic E-state index is 13.0. The standard InChI is InChI=1S/C18H14F2N6O/c19-17(20)13-10-26-14(7-23-16(26)8-22-13)18-21-5-4-15(24-18)25-6-2-1-3-12(9-25)11-27/h1-10,17,27H,11H2. The second-order valence-electron chi connectivity index (χ2n) is 5.69. The molecule has 3 aromatic heterocycles. The van der Waals surface area contributed by atoms with Gasteiger partial charge in [-0.15, -0.1) is 0 Å². The van der Waals surface area contributed by atoms with Crippen molar-refractivity contribution in [1.82, 2.24) is 24.3 Å². The van der Waals surface area contributed by atoms with Crippen LogP contribution in [-0.2, 0) is 0 Å². The molecular formula is C18H14F2N6O. The minimum absolute atomic E-state index is 0.108. The summed E-state index contributed by atoms with van der Waals surface area (Å²) in [5.41, 5.74) is 1.25. The third-order valence-corrected chi connectivity index (χ3v) is 3.93. The van der Waals surface area contributed by atoms with Crippen molar-refractivity contribution in [1.29, 1.82) is 0 Å². The van der Waals surface area contributed by atoms with E-state index >= 15 is 0 Å². The van der Waals surface area contributed by atoms with Crippen molar-refractivity contribution in [3.05, 3.63) is 72.7 Å². The van der Waals surface area contributed by atoms with Crippen LogP contribution in [0.5, 0.6) is 0 Å². The van der Waals surface area contributed by atoms with Gasteiger partial charge in [-0.2, -0.15) is 0 Å². The van der Waals surface area contributed by atoms with E-state index in [9.17, 15) is 13.9 Å². The number of alkyl halides is 2. The zero-order chi connectivity index (χ0) is 18.8. The van der Waals surface area contributed by atoms with E-state index < -0.39 is 6.43 Å². The first-order valence-electron chi connectivity index (χ1n) is 8.05. The molecule has 4 heterocycles. The molecule has 0 spiro atoms. The summed E-state index contributed by atoms with van der Waals surface area (Å²) in [5.74, 6) is 0.889. The molecule has 1 aliphatic heterocycles. The lowest BCUT2D eigenvalue weighted by Crippen LogP contribution is -2.11. The van der Waals surface area contributed by atoms with Crippen molar-refractivity contribution in [3.8, 4) is 11.5 Å². The van der Waals surface area contributed by atoms with Crippen LogP contribution in [0.15, 0.2) is 67.1 Å². The molecule has 0 radical (unpaired) electrons. The molecule has 0 bridgehead atoms. The first-order valence-corrected chi connectivity index (χ1v) is 8.05. The van der Waals surface area contributed by atoms with Gasteiger partial charge in [-0.3, -0.25) is 4.40 Å². The van der Waals surface area contributed by atoms with Crippen LogP contribution < -0.4 is 4.90 Å². The molecule has 1 aliphatic rings. The van der Waals surface area contributed by atoms with E-state index in [1.54, 1.807) is 35.6 Å². The third kappa shape index (κ3) is 3.32. The average molecular weight is 368 g/mol. The van der Waals surface area contributed by atoms with Gasteiger partial charge in [-0.05, 0) is 17.7 Å². The summed E-state index contributed by atoms with van der Waals surface area (Å²) >= 11 is 0. The van der Waals surface area contributed by atoms with Crippen LogP contribution in [0, 0.1) is 0 Å². The number of aliphatic hydroxyl groups is 1. The lowest BCUT2D eigenvalue weighted by molar-refractivity contribution is 0.145. The highest BCUT2D eigenvalue weighted by atomic mass is 19.3. The van der Waals surface area contributed by atoms with Gasteiger partial charge in [-0.25, -0.2) is 28.7 Å². The van der Waals surface area contributed by atoms with Crippen LogP contribution in [0.25, 0.3) is 17.2 Å². The highest BCUT2D eigenvalue weighted by molar-refractivity contribution is 5.59. The van der Waals surface area contributed by atoms with Crippen molar-refractivity contribution < 1.29 is 13.9 Å². The molecule has 0 unspecified atom stereocenters. The Bertz CT molecular complexity index is 1070. The molecule has 4 rings (SSSR count). The highest BCUT2D eigenvalue weighted by Crippen LogP contribution is 2.23. The molecule has 136 valence electrons. The molecule has 0 saturated heterocycles. The number of aromatic nitrogens is 5. The van der Waals surface area contributed by atoms with Crippen molar-refractivity contribution in [2.24, 2.45) is 0 Å². The maximum atomic E-state index is 13.0. The van der Waals surface area contributed by atoms with Gasteiger partial charge in [-0.1, -0.05) is 12.2 Å². The van der Waals surface area contributed by atoms with Crippen LogP contribution in [0.3, 0.4) is 0 Å². The molecule has 0 aliphatic carbocycles. The fourth-order valence-electron chi connectivity index (χ4n) is 2.62. The zero-order valence-corrected chi connectivity index (χ0v) is 13.9. The van der Waals surface area contributed by atoms with Crippen molar-refractivity contribution in [3.63, 3.8) is 0 Å². The number of aliphatic hydroxyl groups excluding tert-OH is 1. The zero-order valence-electron chi connectivity index (χ0n) is 13.9. The predicted molar refractivity (Wildman–Crippen MR) is 94.9 cm³/mol. The molecule has 27 heavy (non-hydrogen) atoms. The Morgan fingerprint density at radius 2 is 2.00 bits per heavy atom. The second-order valence-corrected chi connectivity index (χ2v) is 5.69. The van der Waals surface area contributed by atoms with Gasteiger partial charge in [0.05, 0.1) is 19.0 Å². The summed E-state index contributed by atoms with van der Waals surface area (Å²) in [4.78, 5) is 18.4. The fourth-order valence-corrected chi connectivity index (χ4v) is 2.62. The van der Waals surface area contributed by atoms with Crippen LogP contribution in [-0.4, -0.2) is 36.1 Å². The van der Waals surface area contributed by atoms with E-state index in [-0.39, 0.29) is 12.3 Å². The number of imidazole rings is 1. The Balaban J connectivity index is 1.77. The van der Waals surface area contributed by atoms with Crippen molar-refractivity contribution in [2.75, 3.05) is 11.5 Å². The minimum Gasteiger partial charge on any atom is -0.392 e. The number of fused-ring (bicyclic) bond motifs is 1. The Morgan fingerprint density at radius 3 is 2.81 bits per heavy atom. The largest absolute Gasteiger partial charge is 0.392 e. The molecule has 0 fully saturated rings. The average Bonchev–Trinajstić information content (AvgIpc) is 2.96. The van der Waals surface area contributed by atoms with Crippen LogP contribution in [0.4, 0.5) is 14.6 Å². The normalized spacial score (nSPS) is 14.1. The highest BCUT2D eigenvalue weighted by Gasteiger charge is 2.15. The maximum Gasteiger partial charge on any atom is 0.281 e. The Hall–Kier alpha value is -3.46. The third-order valence-electron chi connectivity index (χ3n) is 3.93. The molecule has 0 saturated carbocycles. The van der Waals surface area contributed by atoms with Crippen molar-refractivity contribution >= 4 is 11.5 Å². The molecule has 9 heteroatoms. The van der Waals surface area contributed by atoms with Gasteiger partial charge in [0.15, 0.2) is 11.5 Å². The molecule has 0 atom stereocenters. The second kappa shape index (κ2) is 7.04. The molecule has 3 aromatic rings. The van der Waals surface area contributed by atoms with Gasteiger partial charge in [0, 0.05) is 24.8 Å². The topological polar surface area (TPSA) is 79.4 Å². The van der Waals surface area contributed by atoms with Crippen molar-refractivity contribution in [2.45, 2.75) is 6.43 Å². The van der Waals surface area contributed by atoms with Crippen LogP contribution in [0.1, 0.15) is 12.1 Å². The summed E-state index contributed by atoms with van der Waals surface area (Å²) in [5, 5.41) is 9.39. The molecule has 7 nitrogen and oxygen atoms in total. The number of hydrogen-bond donors (Lipinski definition) is 1.